The van der Waals surface area contributed by atoms with Gasteiger partial charge in [0, 0.05) is 48.7 Å². The fourth-order valence-electron chi connectivity index (χ4n) is 5.30. The van der Waals surface area contributed by atoms with Crippen LogP contribution in [-0.2, 0) is 31.7 Å². The van der Waals surface area contributed by atoms with Crippen molar-refractivity contribution in [2.24, 2.45) is 4.52 Å². The highest BCUT2D eigenvalue weighted by atomic mass is 32.2. The van der Waals surface area contributed by atoms with E-state index in [9.17, 15) is 28.2 Å². The summed E-state index contributed by atoms with van der Waals surface area (Å²) in [5.41, 5.74) is 10.2. The van der Waals surface area contributed by atoms with Gasteiger partial charge in [0.25, 0.3) is 10.0 Å². The van der Waals surface area contributed by atoms with E-state index in [1.807, 2.05) is 83.1 Å². The van der Waals surface area contributed by atoms with Crippen LogP contribution in [0.3, 0.4) is 0 Å². The minimum atomic E-state index is -4.57. The Morgan fingerprint density at radius 1 is 0.600 bits per heavy atom. The molecule has 0 aromatic heterocycles. The Kier molecular flexibility index (Phi) is 10.9. The quantitative estimate of drug-likeness (QED) is 0.0636. The Morgan fingerprint density at radius 2 is 0.940 bits per heavy atom. The number of phenolic OH excluding ortho intramolecular Hbond substituents is 2. The van der Waals surface area contributed by atoms with E-state index in [-0.39, 0.29) is 22.9 Å². The van der Waals surface area contributed by atoms with Gasteiger partial charge in [0.15, 0.2) is 0 Å². The number of rotatable bonds is 6. The molecule has 3 aromatic carbocycles. The number of nitrogens with one attached hydrogen (secondary N) is 4. The number of azide groups is 1. The van der Waals surface area contributed by atoms with Crippen molar-refractivity contribution < 1.29 is 28.2 Å². The lowest BCUT2D eigenvalue weighted by molar-refractivity contribution is 0.261. The van der Waals surface area contributed by atoms with Crippen LogP contribution in [0.25, 0.3) is 10.4 Å². The third kappa shape index (κ3) is 9.39. The Hall–Kier alpha value is -4.94. The molecule has 50 heavy (non-hydrogen) atoms. The predicted octanol–water partition coefficient (Wildman–Crippen LogP) is 9.57. The van der Waals surface area contributed by atoms with E-state index in [1.54, 1.807) is 24.3 Å². The van der Waals surface area contributed by atoms with Gasteiger partial charge in [-0.3, -0.25) is 0 Å². The lowest BCUT2D eigenvalue weighted by atomic mass is 9.79. The van der Waals surface area contributed by atoms with Gasteiger partial charge >= 0.3 is 12.1 Å². The molecule has 0 saturated heterocycles. The van der Waals surface area contributed by atoms with Crippen LogP contribution in [0, 0.1) is 0 Å². The highest BCUT2D eigenvalue weighted by molar-refractivity contribution is 7.90. The zero-order valence-electron chi connectivity index (χ0n) is 30.8. The second-order valence-corrected chi connectivity index (χ2v) is 17.9. The van der Waals surface area contributed by atoms with E-state index in [0.717, 1.165) is 6.07 Å². The Labute approximate surface area is 294 Å². The monoisotopic (exact) mass is 707 g/mol. The van der Waals surface area contributed by atoms with E-state index < -0.39 is 48.6 Å². The highest BCUT2D eigenvalue weighted by Crippen LogP contribution is 2.42. The van der Waals surface area contributed by atoms with Crippen LogP contribution >= 0.6 is 0 Å². The van der Waals surface area contributed by atoms with Gasteiger partial charge in [-0.2, -0.15) is 0 Å². The first-order chi connectivity index (χ1) is 22.6. The predicted molar refractivity (Wildman–Crippen MR) is 199 cm³/mol. The smallest absolute Gasteiger partial charge is 0.323 e. The summed E-state index contributed by atoms with van der Waals surface area (Å²) in [5, 5.41) is 32.7. The average molecular weight is 708 g/mol. The van der Waals surface area contributed by atoms with E-state index >= 15 is 0 Å². The maximum Gasteiger partial charge on any atom is 0.323 e. The molecule has 14 heteroatoms. The Bertz CT molecular complexity index is 1900. The van der Waals surface area contributed by atoms with Crippen LogP contribution < -0.4 is 21.3 Å². The second-order valence-electron chi connectivity index (χ2n) is 16.4. The molecule has 0 heterocycles. The molecule has 0 bridgehead atoms. The van der Waals surface area contributed by atoms with Gasteiger partial charge in [0.1, 0.15) is 11.5 Å². The number of carbonyl (C=O) groups is 2. The molecule has 0 aliphatic carbocycles. The van der Waals surface area contributed by atoms with Gasteiger partial charge in [-0.05, 0) is 69.7 Å². The molecule has 6 N–H and O–H groups in total. The van der Waals surface area contributed by atoms with Crippen molar-refractivity contribution in [2.75, 3.05) is 21.3 Å². The van der Waals surface area contributed by atoms with Crippen molar-refractivity contribution in [3.63, 3.8) is 0 Å². The summed E-state index contributed by atoms with van der Waals surface area (Å²) >= 11 is 0. The number of carbonyl (C=O) groups excluding carboxylic acids is 2. The number of amides is 4. The molecule has 0 saturated carbocycles. The Morgan fingerprint density at radius 3 is 1.28 bits per heavy atom. The molecule has 4 amide bonds. The SMILES string of the molecule is CC(C)(C)c1cc(NC(=O)Nc2ccc(S(=O)(=O)N=[N+]=[N-])c(NC(=O)Nc3cc(C(C)(C)C)c(O)c(C(C)(C)C)c3)c2)cc(C(C)(C)C)c1O. The topological polar surface area (TPSA) is 206 Å². The third-order valence-electron chi connectivity index (χ3n) is 7.88. The summed E-state index contributed by atoms with van der Waals surface area (Å²) in [6.45, 7) is 23.2. The van der Waals surface area contributed by atoms with E-state index in [2.05, 4.69) is 30.7 Å². The van der Waals surface area contributed by atoms with E-state index in [0.29, 0.717) is 33.6 Å². The fourth-order valence-corrected chi connectivity index (χ4v) is 6.11. The first-order valence-electron chi connectivity index (χ1n) is 16.0. The van der Waals surface area contributed by atoms with Crippen LogP contribution in [-0.4, -0.2) is 30.7 Å². The Balaban J connectivity index is 2.00. The number of urea groups is 2. The fraction of sp³-hybridized carbons (Fsp3) is 0.444. The van der Waals surface area contributed by atoms with Crippen LogP contribution in [0.5, 0.6) is 11.5 Å². The number of nitrogens with zero attached hydrogens (tertiary/aromatic N) is 3. The van der Waals surface area contributed by atoms with Crippen molar-refractivity contribution in [2.45, 2.75) is 110 Å². The highest BCUT2D eigenvalue weighted by Gasteiger charge is 2.29. The first-order valence-corrected chi connectivity index (χ1v) is 17.5. The molecule has 0 radical (unpaired) electrons. The molecule has 3 aromatic rings. The zero-order chi connectivity index (χ0) is 38.2. The number of hydrogen-bond donors (Lipinski definition) is 6. The van der Waals surface area contributed by atoms with Gasteiger partial charge < -0.3 is 31.5 Å². The molecule has 13 nitrogen and oxygen atoms in total. The van der Waals surface area contributed by atoms with Crippen LogP contribution in [0.4, 0.5) is 32.3 Å². The van der Waals surface area contributed by atoms with Gasteiger partial charge in [-0.15, -0.1) is 0 Å². The summed E-state index contributed by atoms with van der Waals surface area (Å²) in [6, 6.07) is 8.76. The van der Waals surface area contributed by atoms with Crippen molar-refractivity contribution in [3.8, 4) is 11.5 Å². The maximum absolute atomic E-state index is 13.4. The van der Waals surface area contributed by atoms with E-state index in [1.165, 1.54) is 12.1 Å². The molecule has 0 unspecified atom stereocenters. The van der Waals surface area contributed by atoms with Gasteiger partial charge in [0.05, 0.1) is 10.6 Å². The number of hydrogen-bond acceptors (Lipinski definition) is 6. The lowest BCUT2D eigenvalue weighted by Crippen LogP contribution is -2.24. The largest absolute Gasteiger partial charge is 0.507 e. The second kappa shape index (κ2) is 13.8. The van der Waals surface area contributed by atoms with Crippen LogP contribution in [0.1, 0.15) is 105 Å². The molecule has 0 aliphatic heterocycles. The number of phenols is 2. The average Bonchev–Trinajstić information content (AvgIpc) is 2.92. The minimum Gasteiger partial charge on any atom is -0.507 e. The zero-order valence-corrected chi connectivity index (χ0v) is 31.6. The molecule has 0 fully saturated rings. The molecule has 0 aliphatic rings. The molecule has 3 rings (SSSR count). The summed E-state index contributed by atoms with van der Waals surface area (Å²) < 4.78 is 28.6. The minimum absolute atomic E-state index is 0.109. The molecular formula is C36H49N7O6S. The standard InChI is InChI=1S/C36H49N7O6S/c1-33(2,3)23-15-21(16-24(29(23)44)34(4,5)6)39-31(46)38-20-13-14-28(50(48,49)43-42-37)27(19-20)41-32(47)40-22-17-25(35(7,8)9)30(45)26(18-22)36(10,11)12/h13-19,44-45H,1-12H3,(H2,38,39,46)(H2,40,41,47). The number of benzene rings is 3. The molecule has 270 valence electrons. The molecule has 0 spiro atoms. The van der Waals surface area contributed by atoms with Gasteiger partial charge in [0.2, 0.25) is 0 Å². The summed E-state index contributed by atoms with van der Waals surface area (Å²) in [4.78, 5) is 28.5. The number of anilines is 4. The normalized spacial score (nSPS) is 12.5. The number of sulfonamides is 1. The maximum atomic E-state index is 13.4. The van der Waals surface area contributed by atoms with Crippen LogP contribution in [0.15, 0.2) is 51.9 Å². The van der Waals surface area contributed by atoms with Crippen LogP contribution in [0.2, 0.25) is 0 Å². The molecular weight excluding hydrogens is 659 g/mol. The van der Waals surface area contributed by atoms with Gasteiger partial charge in [-0.25, -0.2) is 18.0 Å². The lowest BCUT2D eigenvalue weighted by Gasteiger charge is -2.28. The third-order valence-corrected chi connectivity index (χ3v) is 9.07. The van der Waals surface area contributed by atoms with Crippen molar-refractivity contribution >= 4 is 44.8 Å². The van der Waals surface area contributed by atoms with Crippen molar-refractivity contribution in [3.05, 3.63) is 75.2 Å². The summed E-state index contributed by atoms with van der Waals surface area (Å²) in [5.74, 6) is 0.269. The van der Waals surface area contributed by atoms with Crippen molar-refractivity contribution in [1.29, 1.82) is 0 Å². The van der Waals surface area contributed by atoms with E-state index in [4.69, 9.17) is 5.53 Å². The summed E-state index contributed by atoms with van der Waals surface area (Å²) in [6.07, 6.45) is 0. The van der Waals surface area contributed by atoms with Crippen molar-refractivity contribution in [1.82, 2.24) is 0 Å². The first kappa shape index (κ1) is 39.5. The number of aromatic hydroxyl groups is 2. The summed E-state index contributed by atoms with van der Waals surface area (Å²) in [7, 11) is -4.57. The molecule has 0 atom stereocenters. The van der Waals surface area contributed by atoms with Gasteiger partial charge in [-0.1, -0.05) is 83.1 Å².